The van der Waals surface area contributed by atoms with E-state index in [1.165, 1.54) is 38.9 Å². The molecule has 0 aromatic carbocycles. The molecule has 0 spiro atoms. The van der Waals surface area contributed by atoms with Gasteiger partial charge in [-0.25, -0.2) is 0 Å². The van der Waals surface area contributed by atoms with Crippen molar-refractivity contribution < 1.29 is 0 Å². The highest BCUT2D eigenvalue weighted by Crippen LogP contribution is 2.33. The van der Waals surface area contributed by atoms with Crippen LogP contribution < -0.4 is 0 Å². The largest absolute Gasteiger partial charge is 0.309 e. The zero-order valence-electron chi connectivity index (χ0n) is 9.64. The van der Waals surface area contributed by atoms with Gasteiger partial charge in [0.05, 0.1) is 0 Å². The first-order chi connectivity index (χ1) is 6.08. The van der Waals surface area contributed by atoms with Crippen molar-refractivity contribution >= 4 is 0 Å². The van der Waals surface area contributed by atoms with Crippen molar-refractivity contribution in [3.8, 4) is 0 Å². The molecule has 0 bridgehead atoms. The molecule has 0 aliphatic carbocycles. The second-order valence-corrected chi connectivity index (χ2v) is 4.93. The zero-order chi connectivity index (χ0) is 9.90. The van der Waals surface area contributed by atoms with Crippen LogP contribution >= 0.6 is 0 Å². The lowest BCUT2D eigenvalue weighted by atomic mass is 9.77. The molecule has 2 heteroatoms. The summed E-state index contributed by atoms with van der Waals surface area (Å²) in [7, 11) is 6.62. The van der Waals surface area contributed by atoms with Crippen molar-refractivity contribution in [2.75, 3.05) is 40.8 Å². The van der Waals surface area contributed by atoms with Gasteiger partial charge in [-0.1, -0.05) is 6.92 Å². The van der Waals surface area contributed by atoms with E-state index in [-0.39, 0.29) is 0 Å². The Morgan fingerprint density at radius 1 is 1.38 bits per heavy atom. The molecule has 0 N–H and O–H groups in total. The van der Waals surface area contributed by atoms with Crippen LogP contribution in [0.15, 0.2) is 0 Å². The quantitative estimate of drug-likeness (QED) is 0.658. The minimum atomic E-state index is 0.566. The third-order valence-electron chi connectivity index (χ3n) is 3.25. The van der Waals surface area contributed by atoms with Gasteiger partial charge >= 0.3 is 0 Å². The highest BCUT2D eigenvalue weighted by Gasteiger charge is 2.32. The standard InChI is InChI=1S/C11H24N2/c1-5-11(9-12(2)3)7-6-8-13(4)10-11/h5-10H2,1-4H3. The lowest BCUT2D eigenvalue weighted by Crippen LogP contribution is -2.46. The van der Waals surface area contributed by atoms with Gasteiger partial charge in [-0.15, -0.1) is 0 Å². The zero-order valence-corrected chi connectivity index (χ0v) is 9.64. The van der Waals surface area contributed by atoms with Gasteiger partial charge in [-0.05, 0) is 52.4 Å². The van der Waals surface area contributed by atoms with Crippen molar-refractivity contribution in [3.63, 3.8) is 0 Å². The molecule has 78 valence electrons. The second-order valence-electron chi connectivity index (χ2n) is 4.93. The van der Waals surface area contributed by atoms with E-state index in [0.717, 1.165) is 0 Å². The molecule has 1 fully saturated rings. The molecule has 0 saturated carbocycles. The Morgan fingerprint density at radius 2 is 2.08 bits per heavy atom. The summed E-state index contributed by atoms with van der Waals surface area (Å²) < 4.78 is 0. The van der Waals surface area contributed by atoms with Gasteiger partial charge < -0.3 is 9.80 Å². The molecule has 13 heavy (non-hydrogen) atoms. The van der Waals surface area contributed by atoms with Gasteiger partial charge in [0.1, 0.15) is 0 Å². The molecular formula is C11H24N2. The van der Waals surface area contributed by atoms with Crippen molar-refractivity contribution in [3.05, 3.63) is 0 Å². The molecule has 0 aromatic heterocycles. The summed E-state index contributed by atoms with van der Waals surface area (Å²) >= 11 is 0. The first-order valence-corrected chi connectivity index (χ1v) is 5.41. The van der Waals surface area contributed by atoms with Crippen molar-refractivity contribution in [2.24, 2.45) is 5.41 Å². The molecule has 1 saturated heterocycles. The molecule has 2 nitrogen and oxygen atoms in total. The fourth-order valence-corrected chi connectivity index (χ4v) is 2.65. The Kier molecular flexibility index (Phi) is 3.74. The maximum absolute atomic E-state index is 2.48. The molecular weight excluding hydrogens is 160 g/mol. The smallest absolute Gasteiger partial charge is 0.00471 e. The van der Waals surface area contributed by atoms with Gasteiger partial charge in [0.15, 0.2) is 0 Å². The van der Waals surface area contributed by atoms with Crippen LogP contribution in [0.25, 0.3) is 0 Å². The van der Waals surface area contributed by atoms with Crippen molar-refractivity contribution in [1.29, 1.82) is 0 Å². The summed E-state index contributed by atoms with van der Waals surface area (Å²) in [4.78, 5) is 4.82. The molecule has 1 aliphatic heterocycles. The maximum atomic E-state index is 2.48. The first-order valence-electron chi connectivity index (χ1n) is 5.41. The van der Waals surface area contributed by atoms with Gasteiger partial charge in [-0.3, -0.25) is 0 Å². The molecule has 1 unspecified atom stereocenters. The predicted molar refractivity (Wildman–Crippen MR) is 58.0 cm³/mol. The van der Waals surface area contributed by atoms with Gasteiger partial charge in [-0.2, -0.15) is 0 Å². The monoisotopic (exact) mass is 184 g/mol. The summed E-state index contributed by atoms with van der Waals surface area (Å²) in [5.74, 6) is 0. The van der Waals surface area contributed by atoms with E-state index in [1.54, 1.807) is 0 Å². The Bertz CT molecular complexity index is 152. The number of likely N-dealkylation sites (tertiary alicyclic amines) is 1. The topological polar surface area (TPSA) is 6.48 Å². The minimum Gasteiger partial charge on any atom is -0.309 e. The van der Waals surface area contributed by atoms with Crippen LogP contribution in [0.1, 0.15) is 26.2 Å². The minimum absolute atomic E-state index is 0.566. The molecule has 0 amide bonds. The second kappa shape index (κ2) is 4.43. The average Bonchev–Trinajstić information content (AvgIpc) is 2.03. The lowest BCUT2D eigenvalue weighted by Gasteiger charge is -2.42. The molecule has 1 rings (SSSR count). The SMILES string of the molecule is CCC1(CN(C)C)CCCN(C)C1. The van der Waals surface area contributed by atoms with Gasteiger partial charge in [0.2, 0.25) is 0 Å². The van der Waals surface area contributed by atoms with Crippen molar-refractivity contribution in [2.45, 2.75) is 26.2 Å². The highest BCUT2D eigenvalue weighted by molar-refractivity contribution is 4.86. The van der Waals surface area contributed by atoms with E-state index in [4.69, 9.17) is 0 Å². The third-order valence-corrected chi connectivity index (χ3v) is 3.25. The van der Waals surface area contributed by atoms with Crippen molar-refractivity contribution in [1.82, 2.24) is 9.80 Å². The van der Waals surface area contributed by atoms with E-state index in [2.05, 4.69) is 37.9 Å². The molecule has 1 aliphatic rings. The Hall–Kier alpha value is -0.0800. The van der Waals surface area contributed by atoms with Crippen LogP contribution in [0.5, 0.6) is 0 Å². The fourth-order valence-electron chi connectivity index (χ4n) is 2.65. The summed E-state index contributed by atoms with van der Waals surface area (Å²) in [6.45, 7) is 6.15. The van der Waals surface area contributed by atoms with Crippen LogP contribution in [0.2, 0.25) is 0 Å². The number of hydrogen-bond donors (Lipinski definition) is 0. The molecule has 0 aromatic rings. The highest BCUT2D eigenvalue weighted by atomic mass is 15.1. The summed E-state index contributed by atoms with van der Waals surface area (Å²) in [6.07, 6.45) is 4.10. The van der Waals surface area contributed by atoms with E-state index in [1.807, 2.05) is 0 Å². The summed E-state index contributed by atoms with van der Waals surface area (Å²) in [6, 6.07) is 0. The summed E-state index contributed by atoms with van der Waals surface area (Å²) in [5.41, 5.74) is 0.566. The Morgan fingerprint density at radius 3 is 2.54 bits per heavy atom. The van der Waals surface area contributed by atoms with Gasteiger partial charge in [0.25, 0.3) is 0 Å². The normalized spacial score (nSPS) is 31.2. The summed E-state index contributed by atoms with van der Waals surface area (Å²) in [5, 5.41) is 0. The lowest BCUT2D eigenvalue weighted by molar-refractivity contribution is 0.0747. The predicted octanol–water partition coefficient (Wildman–Crippen LogP) is 1.67. The number of nitrogens with zero attached hydrogens (tertiary/aromatic N) is 2. The van der Waals surface area contributed by atoms with E-state index < -0.39 is 0 Å². The first kappa shape index (κ1) is 11.0. The van der Waals surface area contributed by atoms with Gasteiger partial charge in [0, 0.05) is 13.1 Å². The van der Waals surface area contributed by atoms with E-state index >= 15 is 0 Å². The number of rotatable bonds is 3. The van der Waals surface area contributed by atoms with Crippen LogP contribution in [0.3, 0.4) is 0 Å². The van der Waals surface area contributed by atoms with Crippen LogP contribution in [-0.2, 0) is 0 Å². The van der Waals surface area contributed by atoms with Crippen LogP contribution in [-0.4, -0.2) is 50.6 Å². The number of hydrogen-bond acceptors (Lipinski definition) is 2. The fraction of sp³-hybridized carbons (Fsp3) is 1.00. The molecule has 1 heterocycles. The average molecular weight is 184 g/mol. The molecule has 0 radical (unpaired) electrons. The molecule has 1 atom stereocenters. The third kappa shape index (κ3) is 2.96. The maximum Gasteiger partial charge on any atom is 0.00471 e. The Labute approximate surface area is 82.9 Å². The van der Waals surface area contributed by atoms with E-state index in [0.29, 0.717) is 5.41 Å². The van der Waals surface area contributed by atoms with E-state index in [9.17, 15) is 0 Å². The number of piperidine rings is 1. The Balaban J connectivity index is 2.56. The van der Waals surface area contributed by atoms with Crippen LogP contribution in [0.4, 0.5) is 0 Å². The van der Waals surface area contributed by atoms with Crippen LogP contribution in [0, 0.1) is 5.41 Å².